The third kappa shape index (κ3) is 3.35. The van der Waals surface area contributed by atoms with Crippen molar-refractivity contribution in [1.82, 2.24) is 10.3 Å². The summed E-state index contributed by atoms with van der Waals surface area (Å²) >= 11 is 3.38. The first-order valence-electron chi connectivity index (χ1n) is 6.51. The Hall–Kier alpha value is -1.46. The van der Waals surface area contributed by atoms with E-state index in [0.29, 0.717) is 11.3 Å². The fourth-order valence-electron chi connectivity index (χ4n) is 2.07. The van der Waals surface area contributed by atoms with Crippen LogP contribution < -0.4 is 11.1 Å². The number of nitrogens with two attached hydrogens (primary N) is 1. The third-order valence-electron chi connectivity index (χ3n) is 3.07. The standard InChI is InChI=1S/C15H17BrFN3/c1-2-6-20-15(12-9-19-7-5-14(12)18)11-8-10(16)3-4-13(11)17/h3-5,7-9,15,20H,2,6H2,1H3,(H2,18,19). The topological polar surface area (TPSA) is 50.9 Å². The van der Waals surface area contributed by atoms with Gasteiger partial charge in [-0.15, -0.1) is 0 Å². The second-order valence-corrected chi connectivity index (χ2v) is 5.47. The lowest BCUT2D eigenvalue weighted by molar-refractivity contribution is 0.546. The van der Waals surface area contributed by atoms with Gasteiger partial charge in [-0.3, -0.25) is 4.98 Å². The van der Waals surface area contributed by atoms with Crippen molar-refractivity contribution in [3.63, 3.8) is 0 Å². The largest absolute Gasteiger partial charge is 0.398 e. The molecule has 3 N–H and O–H groups in total. The van der Waals surface area contributed by atoms with E-state index in [1.807, 2.05) is 0 Å². The van der Waals surface area contributed by atoms with Crippen LogP contribution in [-0.2, 0) is 0 Å². The van der Waals surface area contributed by atoms with E-state index in [1.54, 1.807) is 30.6 Å². The van der Waals surface area contributed by atoms with Gasteiger partial charge in [0, 0.05) is 33.7 Å². The normalized spacial score (nSPS) is 12.3. The summed E-state index contributed by atoms with van der Waals surface area (Å²) in [5, 5.41) is 3.33. The first-order chi connectivity index (χ1) is 9.63. The summed E-state index contributed by atoms with van der Waals surface area (Å²) in [6.07, 6.45) is 4.27. The highest BCUT2D eigenvalue weighted by molar-refractivity contribution is 9.10. The van der Waals surface area contributed by atoms with Gasteiger partial charge in [-0.2, -0.15) is 0 Å². The van der Waals surface area contributed by atoms with E-state index < -0.39 is 0 Å². The molecular weight excluding hydrogens is 321 g/mol. The maximum absolute atomic E-state index is 14.1. The van der Waals surface area contributed by atoms with Crippen molar-refractivity contribution >= 4 is 21.6 Å². The van der Waals surface area contributed by atoms with Crippen LogP contribution in [0.25, 0.3) is 0 Å². The van der Waals surface area contributed by atoms with Gasteiger partial charge < -0.3 is 11.1 Å². The van der Waals surface area contributed by atoms with E-state index in [4.69, 9.17) is 5.73 Å². The summed E-state index contributed by atoms with van der Waals surface area (Å²) in [6.45, 7) is 2.83. The molecule has 1 unspecified atom stereocenters. The summed E-state index contributed by atoms with van der Waals surface area (Å²) in [5.41, 5.74) is 7.96. The molecule has 0 aliphatic carbocycles. The first-order valence-corrected chi connectivity index (χ1v) is 7.30. The zero-order chi connectivity index (χ0) is 14.5. The molecule has 3 nitrogen and oxygen atoms in total. The van der Waals surface area contributed by atoms with E-state index >= 15 is 0 Å². The summed E-state index contributed by atoms with van der Waals surface area (Å²) in [4.78, 5) is 4.10. The molecule has 0 fully saturated rings. The van der Waals surface area contributed by atoms with Gasteiger partial charge in [0.05, 0.1) is 6.04 Å². The fraction of sp³-hybridized carbons (Fsp3) is 0.267. The van der Waals surface area contributed by atoms with Gasteiger partial charge >= 0.3 is 0 Å². The first kappa shape index (κ1) is 14.9. The van der Waals surface area contributed by atoms with E-state index in [9.17, 15) is 4.39 Å². The van der Waals surface area contributed by atoms with Crippen molar-refractivity contribution in [1.29, 1.82) is 0 Å². The lowest BCUT2D eigenvalue weighted by atomic mass is 9.98. The van der Waals surface area contributed by atoms with Crippen molar-refractivity contribution in [2.24, 2.45) is 0 Å². The van der Waals surface area contributed by atoms with Crippen LogP contribution in [0, 0.1) is 5.82 Å². The third-order valence-corrected chi connectivity index (χ3v) is 3.56. The van der Waals surface area contributed by atoms with Crippen LogP contribution in [-0.4, -0.2) is 11.5 Å². The number of hydrogen-bond acceptors (Lipinski definition) is 3. The van der Waals surface area contributed by atoms with E-state index in [1.165, 1.54) is 6.07 Å². The summed E-state index contributed by atoms with van der Waals surface area (Å²) < 4.78 is 15.0. The molecule has 0 aliphatic rings. The molecule has 0 saturated carbocycles. The molecular formula is C15H17BrFN3. The Labute approximate surface area is 126 Å². The minimum atomic E-state index is -0.304. The Bertz CT molecular complexity index is 589. The zero-order valence-corrected chi connectivity index (χ0v) is 12.8. The molecule has 0 amide bonds. The van der Waals surface area contributed by atoms with Crippen molar-refractivity contribution in [3.05, 3.63) is 58.1 Å². The molecule has 1 aromatic carbocycles. The number of halogens is 2. The average molecular weight is 338 g/mol. The van der Waals surface area contributed by atoms with Gasteiger partial charge in [0.25, 0.3) is 0 Å². The molecule has 2 aromatic rings. The van der Waals surface area contributed by atoms with E-state index in [-0.39, 0.29) is 11.9 Å². The Kier molecular flexibility index (Phi) is 5.09. The highest BCUT2D eigenvalue weighted by Gasteiger charge is 2.20. The maximum Gasteiger partial charge on any atom is 0.128 e. The smallest absolute Gasteiger partial charge is 0.128 e. The van der Waals surface area contributed by atoms with Crippen molar-refractivity contribution in [2.45, 2.75) is 19.4 Å². The lowest BCUT2D eigenvalue weighted by Crippen LogP contribution is -2.25. The molecule has 0 spiro atoms. The number of nitrogens with one attached hydrogen (secondary N) is 1. The molecule has 1 aromatic heterocycles. The molecule has 1 atom stereocenters. The van der Waals surface area contributed by atoms with E-state index in [2.05, 4.69) is 33.2 Å². The molecule has 0 radical (unpaired) electrons. The molecule has 1 heterocycles. The van der Waals surface area contributed by atoms with Crippen LogP contribution in [0.15, 0.2) is 41.1 Å². The van der Waals surface area contributed by atoms with Crippen LogP contribution >= 0.6 is 15.9 Å². The second kappa shape index (κ2) is 6.81. The van der Waals surface area contributed by atoms with Crippen molar-refractivity contribution in [2.75, 3.05) is 12.3 Å². The SMILES string of the molecule is CCCNC(c1cnccc1N)c1cc(Br)ccc1F. The molecule has 5 heteroatoms. The minimum Gasteiger partial charge on any atom is -0.398 e. The zero-order valence-electron chi connectivity index (χ0n) is 11.2. The summed E-state index contributed by atoms with van der Waals surface area (Å²) in [6, 6.07) is 6.33. The van der Waals surface area contributed by atoms with Crippen molar-refractivity contribution < 1.29 is 4.39 Å². The van der Waals surface area contributed by atoms with Crippen LogP contribution in [0.3, 0.4) is 0 Å². The van der Waals surface area contributed by atoms with Gasteiger partial charge in [0.2, 0.25) is 0 Å². The maximum atomic E-state index is 14.1. The van der Waals surface area contributed by atoms with Gasteiger partial charge in [-0.1, -0.05) is 22.9 Å². The fourth-order valence-corrected chi connectivity index (χ4v) is 2.45. The minimum absolute atomic E-state index is 0.259. The van der Waals surface area contributed by atoms with Gasteiger partial charge in [0.1, 0.15) is 5.82 Å². The summed E-state index contributed by atoms with van der Waals surface area (Å²) in [5.74, 6) is -0.259. The van der Waals surface area contributed by atoms with Gasteiger partial charge in [-0.05, 0) is 37.2 Å². The lowest BCUT2D eigenvalue weighted by Gasteiger charge is -2.21. The molecule has 20 heavy (non-hydrogen) atoms. The van der Waals surface area contributed by atoms with Crippen LogP contribution in [0.4, 0.5) is 10.1 Å². The van der Waals surface area contributed by atoms with Crippen LogP contribution in [0.1, 0.15) is 30.5 Å². The predicted octanol–water partition coefficient (Wildman–Crippen LogP) is 3.65. The molecule has 0 bridgehead atoms. The highest BCUT2D eigenvalue weighted by Crippen LogP contribution is 2.29. The average Bonchev–Trinajstić information content (AvgIpc) is 2.44. The molecule has 0 saturated heterocycles. The van der Waals surface area contributed by atoms with Gasteiger partial charge in [-0.25, -0.2) is 4.39 Å². The Morgan fingerprint density at radius 1 is 1.35 bits per heavy atom. The number of aromatic nitrogens is 1. The van der Waals surface area contributed by atoms with E-state index in [0.717, 1.165) is 23.0 Å². The Morgan fingerprint density at radius 3 is 2.85 bits per heavy atom. The van der Waals surface area contributed by atoms with Crippen LogP contribution in [0.5, 0.6) is 0 Å². The molecule has 0 aliphatic heterocycles. The van der Waals surface area contributed by atoms with Crippen molar-refractivity contribution in [3.8, 4) is 0 Å². The number of benzene rings is 1. The summed E-state index contributed by atoms with van der Waals surface area (Å²) in [7, 11) is 0. The monoisotopic (exact) mass is 337 g/mol. The quantitative estimate of drug-likeness (QED) is 0.875. The number of pyridine rings is 1. The second-order valence-electron chi connectivity index (χ2n) is 4.56. The number of nitrogen functional groups attached to an aromatic ring is 1. The Balaban J connectivity index is 2.47. The highest BCUT2D eigenvalue weighted by atomic mass is 79.9. The van der Waals surface area contributed by atoms with Crippen LogP contribution in [0.2, 0.25) is 0 Å². The Morgan fingerprint density at radius 2 is 2.15 bits per heavy atom. The number of anilines is 1. The van der Waals surface area contributed by atoms with Gasteiger partial charge in [0.15, 0.2) is 0 Å². The molecule has 2 rings (SSSR count). The number of hydrogen-bond donors (Lipinski definition) is 2. The number of rotatable bonds is 5. The predicted molar refractivity (Wildman–Crippen MR) is 82.9 cm³/mol. The molecule has 106 valence electrons. The number of nitrogens with zero attached hydrogens (tertiary/aromatic N) is 1.